The quantitative estimate of drug-likeness (QED) is 0.885. The van der Waals surface area contributed by atoms with Crippen molar-refractivity contribution >= 4 is 18.3 Å². The number of rotatable bonds is 2. The van der Waals surface area contributed by atoms with Gasteiger partial charge in [0.1, 0.15) is 5.56 Å². The Balaban J connectivity index is 0.00000147. The Hall–Kier alpha value is -2.05. The van der Waals surface area contributed by atoms with Crippen LogP contribution in [0.4, 0.5) is 0 Å². The van der Waals surface area contributed by atoms with Crippen LogP contribution in [0.25, 0.3) is 5.69 Å². The van der Waals surface area contributed by atoms with Gasteiger partial charge in [0.25, 0.3) is 11.5 Å². The Morgan fingerprint density at radius 1 is 1.25 bits per heavy atom. The topological polar surface area (TPSA) is 79.3 Å². The number of para-hydroxylation sites is 1. The summed E-state index contributed by atoms with van der Waals surface area (Å²) < 4.78 is 8.56. The molecular weight excluding hydrogens is 282 g/mol. The van der Waals surface area contributed by atoms with E-state index in [1.54, 1.807) is 4.68 Å². The molecule has 6 nitrogen and oxygen atoms in total. The van der Waals surface area contributed by atoms with Crippen LogP contribution >= 0.6 is 12.4 Å². The van der Waals surface area contributed by atoms with Crippen molar-refractivity contribution < 1.29 is 9.53 Å². The highest BCUT2D eigenvalue weighted by atomic mass is 35.5. The fourth-order valence-electron chi connectivity index (χ4n) is 2.36. The maximum atomic E-state index is 12.4. The fourth-order valence-corrected chi connectivity index (χ4v) is 2.36. The summed E-state index contributed by atoms with van der Waals surface area (Å²) in [6, 6.07) is 9.17. The predicted molar refractivity (Wildman–Crippen MR) is 75.5 cm³/mol. The van der Waals surface area contributed by atoms with E-state index in [9.17, 15) is 9.59 Å². The number of carbonyl (C=O) groups is 1. The smallest absolute Gasteiger partial charge is 0.284 e. The van der Waals surface area contributed by atoms with Crippen LogP contribution < -0.4 is 11.3 Å². The first-order valence-electron chi connectivity index (χ1n) is 5.98. The molecule has 0 bridgehead atoms. The summed E-state index contributed by atoms with van der Waals surface area (Å²) in [6.45, 7) is 1.26. The molecule has 1 amide bonds. The molecule has 2 aromatic rings. The lowest BCUT2D eigenvalue weighted by Crippen LogP contribution is -2.26. The highest BCUT2D eigenvalue weighted by molar-refractivity contribution is 5.93. The second-order valence-electron chi connectivity index (χ2n) is 4.31. The van der Waals surface area contributed by atoms with Gasteiger partial charge in [-0.3, -0.25) is 14.3 Å². The first-order chi connectivity index (χ1) is 9.20. The number of nitrogens with zero attached hydrogens (tertiary/aromatic N) is 2. The minimum atomic E-state index is -0.714. The molecule has 2 heterocycles. The average molecular weight is 296 g/mol. The van der Waals surface area contributed by atoms with Gasteiger partial charge >= 0.3 is 0 Å². The van der Waals surface area contributed by atoms with Gasteiger partial charge in [-0.25, -0.2) is 4.68 Å². The highest BCUT2D eigenvalue weighted by Crippen LogP contribution is 2.16. The van der Waals surface area contributed by atoms with Gasteiger partial charge in [0, 0.05) is 0 Å². The Morgan fingerprint density at radius 3 is 2.60 bits per heavy atom. The largest absolute Gasteiger partial charge is 0.373 e. The molecule has 0 radical (unpaired) electrons. The van der Waals surface area contributed by atoms with Crippen LogP contribution in [0.3, 0.4) is 0 Å². The summed E-state index contributed by atoms with van der Waals surface area (Å²) >= 11 is 0. The van der Waals surface area contributed by atoms with E-state index >= 15 is 0 Å². The number of benzene rings is 1. The van der Waals surface area contributed by atoms with Gasteiger partial charge in [0.2, 0.25) is 0 Å². The first-order valence-corrected chi connectivity index (χ1v) is 5.98. The summed E-state index contributed by atoms with van der Waals surface area (Å²) in [7, 11) is 0. The second kappa shape index (κ2) is 5.52. The molecule has 0 atom stereocenters. The second-order valence-corrected chi connectivity index (χ2v) is 4.31. The van der Waals surface area contributed by atoms with Crippen LogP contribution in [0.1, 0.15) is 16.1 Å². The standard InChI is InChI=1S/C13H13N3O3.ClH/c14-12(17)11-10-8-19-7-6-15(10)16(13(11)18)9-4-2-1-3-5-9;/h1-5H,6-8H2,(H2,14,17);1H. The summed E-state index contributed by atoms with van der Waals surface area (Å²) in [5.74, 6) is -0.714. The molecule has 0 saturated carbocycles. The number of hydrogen-bond acceptors (Lipinski definition) is 3. The SMILES string of the molecule is Cl.NC(=O)c1c2n(n(-c3ccccc3)c1=O)CCOC2. The molecule has 3 rings (SSSR count). The molecule has 0 unspecified atom stereocenters. The van der Waals surface area contributed by atoms with Gasteiger partial charge in [-0.2, -0.15) is 0 Å². The van der Waals surface area contributed by atoms with Crippen molar-refractivity contribution in [2.45, 2.75) is 13.2 Å². The number of aromatic nitrogens is 2. The molecule has 0 spiro atoms. The molecular formula is C13H14ClN3O3. The summed E-state index contributed by atoms with van der Waals surface area (Å²) in [5.41, 5.74) is 6.20. The summed E-state index contributed by atoms with van der Waals surface area (Å²) in [6.07, 6.45) is 0. The van der Waals surface area contributed by atoms with Gasteiger partial charge in [-0.1, -0.05) is 18.2 Å². The number of fused-ring (bicyclic) bond motifs is 1. The lowest BCUT2D eigenvalue weighted by atomic mass is 10.2. The van der Waals surface area contributed by atoms with E-state index in [1.807, 2.05) is 30.3 Å². The van der Waals surface area contributed by atoms with Crippen LogP contribution in [-0.2, 0) is 17.9 Å². The third-order valence-electron chi connectivity index (χ3n) is 3.18. The van der Waals surface area contributed by atoms with Crippen molar-refractivity contribution in [3.63, 3.8) is 0 Å². The molecule has 2 N–H and O–H groups in total. The van der Waals surface area contributed by atoms with Gasteiger partial charge in [0.15, 0.2) is 0 Å². The molecule has 0 fully saturated rings. The maximum absolute atomic E-state index is 12.4. The molecule has 0 saturated heterocycles. The van der Waals surface area contributed by atoms with Crippen LogP contribution in [0.5, 0.6) is 0 Å². The average Bonchev–Trinajstić information content (AvgIpc) is 2.71. The molecule has 1 aliphatic heterocycles. The van der Waals surface area contributed by atoms with Gasteiger partial charge in [0.05, 0.1) is 31.1 Å². The Morgan fingerprint density at radius 2 is 1.95 bits per heavy atom. The number of carbonyl (C=O) groups excluding carboxylic acids is 1. The van der Waals surface area contributed by atoms with E-state index in [-0.39, 0.29) is 30.1 Å². The number of halogens is 1. The first kappa shape index (κ1) is 14.4. The predicted octanol–water partition coefficient (Wildman–Crippen LogP) is 0.690. The molecule has 20 heavy (non-hydrogen) atoms. The van der Waals surface area contributed by atoms with Crippen LogP contribution in [-0.4, -0.2) is 21.9 Å². The van der Waals surface area contributed by atoms with E-state index in [2.05, 4.69) is 0 Å². The molecule has 106 valence electrons. The number of primary amides is 1. The minimum absolute atomic E-state index is 0. The Bertz CT molecular complexity index is 691. The molecule has 1 aromatic heterocycles. The summed E-state index contributed by atoms with van der Waals surface area (Å²) in [5, 5.41) is 0. The van der Waals surface area contributed by atoms with Crippen LogP contribution in [0.2, 0.25) is 0 Å². The third kappa shape index (κ3) is 2.13. The zero-order valence-corrected chi connectivity index (χ0v) is 11.4. The van der Waals surface area contributed by atoms with Crippen molar-refractivity contribution in [2.24, 2.45) is 5.73 Å². The van der Waals surface area contributed by atoms with Crippen molar-refractivity contribution in [1.29, 1.82) is 0 Å². The van der Waals surface area contributed by atoms with Gasteiger partial charge < -0.3 is 10.5 Å². The Labute approximate surface area is 121 Å². The molecule has 0 aliphatic carbocycles. The number of ether oxygens (including phenoxy) is 1. The number of amides is 1. The lowest BCUT2D eigenvalue weighted by molar-refractivity contribution is 0.0754. The fraction of sp³-hybridized carbons (Fsp3) is 0.231. The van der Waals surface area contributed by atoms with E-state index in [0.717, 1.165) is 0 Å². The van der Waals surface area contributed by atoms with E-state index < -0.39 is 5.91 Å². The van der Waals surface area contributed by atoms with Crippen molar-refractivity contribution in [3.05, 3.63) is 51.9 Å². The van der Waals surface area contributed by atoms with E-state index in [1.165, 1.54) is 4.68 Å². The van der Waals surface area contributed by atoms with E-state index in [4.69, 9.17) is 10.5 Å². The third-order valence-corrected chi connectivity index (χ3v) is 3.18. The molecule has 7 heteroatoms. The zero-order chi connectivity index (χ0) is 13.4. The van der Waals surface area contributed by atoms with Crippen molar-refractivity contribution in [3.8, 4) is 5.69 Å². The monoisotopic (exact) mass is 295 g/mol. The Kier molecular flexibility index (Phi) is 3.96. The normalized spacial score (nSPS) is 13.4. The highest BCUT2D eigenvalue weighted by Gasteiger charge is 2.26. The van der Waals surface area contributed by atoms with Crippen molar-refractivity contribution in [1.82, 2.24) is 9.36 Å². The van der Waals surface area contributed by atoms with Crippen LogP contribution in [0, 0.1) is 0 Å². The molecule has 1 aliphatic rings. The van der Waals surface area contributed by atoms with Gasteiger partial charge in [-0.15, -0.1) is 12.4 Å². The summed E-state index contributed by atoms with van der Waals surface area (Å²) in [4.78, 5) is 23.9. The van der Waals surface area contributed by atoms with E-state index in [0.29, 0.717) is 24.5 Å². The van der Waals surface area contributed by atoms with Crippen molar-refractivity contribution in [2.75, 3.05) is 6.61 Å². The molecule has 1 aromatic carbocycles. The number of hydrogen-bond donors (Lipinski definition) is 1. The maximum Gasteiger partial charge on any atom is 0.284 e. The zero-order valence-electron chi connectivity index (χ0n) is 10.6. The van der Waals surface area contributed by atoms with Crippen LogP contribution in [0.15, 0.2) is 35.1 Å². The minimum Gasteiger partial charge on any atom is -0.373 e. The number of nitrogens with two attached hydrogens (primary N) is 1. The lowest BCUT2D eigenvalue weighted by Gasteiger charge is -2.19. The van der Waals surface area contributed by atoms with Gasteiger partial charge in [-0.05, 0) is 12.1 Å².